The number of carbonyl (C=O) groups is 1. The van der Waals surface area contributed by atoms with Gasteiger partial charge in [0, 0.05) is 12.7 Å². The molecule has 0 fully saturated rings. The summed E-state index contributed by atoms with van der Waals surface area (Å²) in [5, 5.41) is 12.1. The van der Waals surface area contributed by atoms with E-state index < -0.39 is 0 Å². The molecule has 1 aromatic heterocycles. The van der Waals surface area contributed by atoms with Crippen molar-refractivity contribution in [2.24, 2.45) is 7.05 Å². The van der Waals surface area contributed by atoms with E-state index >= 15 is 0 Å². The fourth-order valence-corrected chi connectivity index (χ4v) is 3.96. The summed E-state index contributed by atoms with van der Waals surface area (Å²) in [6, 6.07) is 14.1. The van der Waals surface area contributed by atoms with Crippen LogP contribution in [0.5, 0.6) is 5.75 Å². The van der Waals surface area contributed by atoms with Gasteiger partial charge >= 0.3 is 0 Å². The van der Waals surface area contributed by atoms with E-state index in [1.807, 2.05) is 56.7 Å². The second kappa shape index (κ2) is 9.80. The number of aromatic nitrogens is 3. The van der Waals surface area contributed by atoms with Crippen molar-refractivity contribution in [2.45, 2.75) is 45.4 Å². The van der Waals surface area contributed by atoms with Gasteiger partial charge < -0.3 is 14.6 Å². The van der Waals surface area contributed by atoms with Gasteiger partial charge in [0.1, 0.15) is 5.75 Å². The highest BCUT2D eigenvalue weighted by Crippen LogP contribution is 2.24. The standard InChI is InChI=1S/C23H28N4O2S/c1-6-18-7-9-20(10-8-18)29-17(4)22-25-26-23(27(22)5)30-14-21(28)24-19-12-15(2)11-16(3)13-19/h7-13,17H,6,14H2,1-5H3,(H,24,28)/t17-/m1/s1. The van der Waals surface area contributed by atoms with Gasteiger partial charge in [-0.25, -0.2) is 0 Å². The minimum atomic E-state index is -0.256. The minimum Gasteiger partial charge on any atom is -0.483 e. The van der Waals surface area contributed by atoms with Crippen molar-refractivity contribution in [2.75, 3.05) is 11.1 Å². The molecule has 1 amide bonds. The molecule has 0 radical (unpaired) electrons. The van der Waals surface area contributed by atoms with Gasteiger partial charge in [-0.15, -0.1) is 10.2 Å². The third-order valence-electron chi connectivity index (χ3n) is 4.71. The molecular weight excluding hydrogens is 396 g/mol. The highest BCUT2D eigenvalue weighted by Gasteiger charge is 2.18. The molecule has 0 saturated heterocycles. The molecule has 1 heterocycles. The van der Waals surface area contributed by atoms with Crippen LogP contribution in [0.15, 0.2) is 47.6 Å². The van der Waals surface area contributed by atoms with Crippen LogP contribution in [0.4, 0.5) is 5.69 Å². The lowest BCUT2D eigenvalue weighted by molar-refractivity contribution is -0.113. The number of rotatable bonds is 8. The summed E-state index contributed by atoms with van der Waals surface area (Å²) in [6.07, 6.45) is 0.741. The number of anilines is 1. The Hall–Kier alpha value is -2.80. The zero-order valence-electron chi connectivity index (χ0n) is 18.1. The van der Waals surface area contributed by atoms with Crippen molar-refractivity contribution in [3.8, 4) is 5.75 Å². The maximum atomic E-state index is 12.3. The predicted molar refractivity (Wildman–Crippen MR) is 121 cm³/mol. The van der Waals surface area contributed by atoms with Crippen LogP contribution in [0.1, 0.15) is 42.5 Å². The molecule has 7 heteroatoms. The summed E-state index contributed by atoms with van der Waals surface area (Å²) in [6.45, 7) is 8.10. The number of thioether (sulfide) groups is 1. The first-order valence-corrected chi connectivity index (χ1v) is 11.0. The average Bonchev–Trinajstić information content (AvgIpc) is 3.06. The third kappa shape index (κ3) is 5.63. The molecular formula is C23H28N4O2S. The Balaban J connectivity index is 1.58. The zero-order valence-corrected chi connectivity index (χ0v) is 18.9. The summed E-state index contributed by atoms with van der Waals surface area (Å²) in [5.41, 5.74) is 4.32. The van der Waals surface area contributed by atoms with Crippen molar-refractivity contribution in [3.05, 3.63) is 65.0 Å². The van der Waals surface area contributed by atoms with E-state index in [1.54, 1.807) is 0 Å². The fourth-order valence-electron chi connectivity index (χ4n) is 3.24. The summed E-state index contributed by atoms with van der Waals surface area (Å²) in [7, 11) is 1.89. The van der Waals surface area contributed by atoms with E-state index in [0.29, 0.717) is 11.0 Å². The van der Waals surface area contributed by atoms with Crippen LogP contribution in [0, 0.1) is 13.8 Å². The minimum absolute atomic E-state index is 0.0742. The number of nitrogens with one attached hydrogen (secondary N) is 1. The van der Waals surface area contributed by atoms with Crippen LogP contribution < -0.4 is 10.1 Å². The Morgan fingerprint density at radius 3 is 2.43 bits per heavy atom. The Bertz CT molecular complexity index is 994. The smallest absolute Gasteiger partial charge is 0.234 e. The summed E-state index contributed by atoms with van der Waals surface area (Å²) < 4.78 is 7.88. The van der Waals surface area contributed by atoms with Crippen molar-refractivity contribution in [1.82, 2.24) is 14.8 Å². The van der Waals surface area contributed by atoms with E-state index in [0.717, 1.165) is 29.0 Å². The molecule has 0 unspecified atom stereocenters. The topological polar surface area (TPSA) is 69.0 Å². The lowest BCUT2D eigenvalue weighted by atomic mass is 10.1. The summed E-state index contributed by atoms with van der Waals surface area (Å²) in [5.74, 6) is 1.69. The number of amides is 1. The van der Waals surface area contributed by atoms with Gasteiger partial charge in [-0.2, -0.15) is 0 Å². The number of nitrogens with zero attached hydrogens (tertiary/aromatic N) is 3. The van der Waals surface area contributed by atoms with E-state index in [9.17, 15) is 4.79 Å². The van der Waals surface area contributed by atoms with Crippen molar-refractivity contribution in [1.29, 1.82) is 0 Å². The lowest BCUT2D eigenvalue weighted by Gasteiger charge is -2.14. The van der Waals surface area contributed by atoms with Crippen LogP contribution in [-0.2, 0) is 18.3 Å². The molecule has 0 saturated carbocycles. The van der Waals surface area contributed by atoms with Crippen molar-refractivity contribution in [3.63, 3.8) is 0 Å². The molecule has 0 aliphatic carbocycles. The van der Waals surface area contributed by atoms with Crippen LogP contribution in [0.25, 0.3) is 0 Å². The SMILES string of the molecule is CCc1ccc(O[C@H](C)c2nnc(SCC(=O)Nc3cc(C)cc(C)c3)n2C)cc1. The number of benzene rings is 2. The van der Waals surface area contributed by atoms with E-state index in [4.69, 9.17) is 4.74 Å². The van der Waals surface area contributed by atoms with Gasteiger partial charge in [-0.1, -0.05) is 36.9 Å². The lowest BCUT2D eigenvalue weighted by Crippen LogP contribution is -2.15. The Morgan fingerprint density at radius 1 is 1.13 bits per heavy atom. The predicted octanol–water partition coefficient (Wildman–Crippen LogP) is 4.87. The molecule has 0 spiro atoms. The molecule has 0 aliphatic heterocycles. The summed E-state index contributed by atoms with van der Waals surface area (Å²) in [4.78, 5) is 12.3. The quantitative estimate of drug-likeness (QED) is 0.523. The molecule has 3 rings (SSSR count). The summed E-state index contributed by atoms with van der Waals surface area (Å²) >= 11 is 1.35. The normalized spacial score (nSPS) is 11.9. The molecule has 2 aromatic carbocycles. The number of hydrogen-bond acceptors (Lipinski definition) is 5. The Morgan fingerprint density at radius 2 is 1.80 bits per heavy atom. The maximum Gasteiger partial charge on any atom is 0.234 e. The second-order valence-electron chi connectivity index (χ2n) is 7.37. The van der Waals surface area contributed by atoms with E-state index in [2.05, 4.69) is 40.6 Å². The molecule has 1 atom stereocenters. The number of ether oxygens (including phenoxy) is 1. The number of hydrogen-bond donors (Lipinski definition) is 1. The second-order valence-corrected chi connectivity index (χ2v) is 8.31. The van der Waals surface area contributed by atoms with Crippen molar-refractivity contribution >= 4 is 23.4 Å². The number of aryl methyl sites for hydroxylation is 3. The van der Waals surface area contributed by atoms with Gasteiger partial charge in [0.2, 0.25) is 5.91 Å². The largest absolute Gasteiger partial charge is 0.483 e. The van der Waals surface area contributed by atoms with Crippen LogP contribution >= 0.6 is 11.8 Å². The first-order chi connectivity index (χ1) is 14.4. The fraction of sp³-hybridized carbons (Fsp3) is 0.348. The molecule has 30 heavy (non-hydrogen) atoms. The molecule has 1 N–H and O–H groups in total. The Labute approximate surface area is 182 Å². The molecule has 6 nitrogen and oxygen atoms in total. The molecule has 3 aromatic rings. The van der Waals surface area contributed by atoms with Crippen LogP contribution in [-0.4, -0.2) is 26.4 Å². The van der Waals surface area contributed by atoms with Gasteiger partial charge in [0.15, 0.2) is 17.1 Å². The Kier molecular flexibility index (Phi) is 7.15. The van der Waals surface area contributed by atoms with Gasteiger partial charge in [-0.05, 0) is 68.1 Å². The molecule has 158 valence electrons. The van der Waals surface area contributed by atoms with E-state index in [1.165, 1.54) is 17.3 Å². The van der Waals surface area contributed by atoms with Gasteiger partial charge in [0.05, 0.1) is 5.75 Å². The first-order valence-electron chi connectivity index (χ1n) is 10.0. The van der Waals surface area contributed by atoms with Crippen LogP contribution in [0.2, 0.25) is 0 Å². The highest BCUT2D eigenvalue weighted by molar-refractivity contribution is 7.99. The average molecular weight is 425 g/mol. The van der Waals surface area contributed by atoms with Gasteiger partial charge in [0.25, 0.3) is 0 Å². The molecule has 0 aliphatic rings. The van der Waals surface area contributed by atoms with Gasteiger partial charge in [-0.3, -0.25) is 4.79 Å². The number of carbonyl (C=O) groups excluding carboxylic acids is 1. The first kappa shape index (κ1) is 21.9. The monoisotopic (exact) mass is 424 g/mol. The van der Waals surface area contributed by atoms with E-state index in [-0.39, 0.29) is 17.8 Å². The maximum absolute atomic E-state index is 12.3. The zero-order chi connectivity index (χ0) is 21.7. The third-order valence-corrected chi connectivity index (χ3v) is 5.73. The highest BCUT2D eigenvalue weighted by atomic mass is 32.2. The van der Waals surface area contributed by atoms with Crippen molar-refractivity contribution < 1.29 is 9.53 Å². The molecule has 0 bridgehead atoms. The van der Waals surface area contributed by atoms with Crippen LogP contribution in [0.3, 0.4) is 0 Å².